The Balaban J connectivity index is 0. The molecule has 0 radical (unpaired) electrons. The molecule has 2 nitrogen and oxygen atoms in total. The molecule has 0 saturated heterocycles. The van der Waals surface area contributed by atoms with E-state index in [-0.39, 0.29) is 51.4 Å². The normalized spacial score (nSPS) is 12.6. The van der Waals surface area contributed by atoms with Crippen LogP contribution in [-0.2, 0) is 11.1 Å². The number of allylic oxidation sites excluding steroid dienone is 2. The minimum Gasteiger partial charge on any atom is -0.769 e. The van der Waals surface area contributed by atoms with Crippen molar-refractivity contribution in [2.24, 2.45) is 0 Å². The van der Waals surface area contributed by atoms with Crippen LogP contribution in [0.4, 0.5) is 0 Å². The van der Waals surface area contributed by atoms with Gasteiger partial charge in [-0.1, -0.05) is 18.7 Å². The van der Waals surface area contributed by atoms with Crippen LogP contribution in [0.15, 0.2) is 24.1 Å². The van der Waals surface area contributed by atoms with Crippen LogP contribution in [0.25, 0.3) is 0 Å². The molecule has 0 bridgehead atoms. The topological polar surface area (TPSA) is 40.1 Å². The first kappa shape index (κ1) is 12.0. The summed E-state index contributed by atoms with van der Waals surface area (Å²) in [4.78, 5) is 0. The molecule has 0 aliphatic rings. The molecule has 0 saturated carbocycles. The third kappa shape index (κ3) is 10.3. The van der Waals surface area contributed by atoms with Crippen LogP contribution in [0, 0.1) is 0 Å². The number of hydrogen-bond donors (Lipinski definition) is 0. The van der Waals surface area contributed by atoms with E-state index in [1.807, 2.05) is 0 Å². The maximum Gasteiger partial charge on any atom is 1.00 e. The fraction of sp³-hybridized carbons (Fsp3) is 0. The first-order valence-corrected chi connectivity index (χ1v) is 2.78. The molecule has 0 aliphatic heterocycles. The molecule has 0 N–H and O–H groups in total. The van der Waals surface area contributed by atoms with Crippen molar-refractivity contribution in [1.82, 2.24) is 0 Å². The second-order valence-electron chi connectivity index (χ2n) is 0.825. The van der Waals surface area contributed by atoms with E-state index >= 15 is 0 Å². The Morgan fingerprint density at radius 2 is 2.12 bits per heavy atom. The van der Waals surface area contributed by atoms with Crippen molar-refractivity contribution in [3.63, 3.8) is 0 Å². The summed E-state index contributed by atoms with van der Waals surface area (Å²) in [6, 6.07) is 0. The molecular weight excluding hydrogens is 151 g/mol. The maximum absolute atomic E-state index is 9.62. The molecule has 0 aromatic rings. The summed E-state index contributed by atoms with van der Waals surface area (Å²) in [6.07, 6.45) is 2.75. The van der Waals surface area contributed by atoms with Gasteiger partial charge in [0.25, 0.3) is 0 Å². The van der Waals surface area contributed by atoms with E-state index in [2.05, 4.69) is 6.58 Å². The number of rotatable bonds is 2. The summed E-state index contributed by atoms with van der Waals surface area (Å²) in [7, 11) is 0. The molecule has 0 amide bonds. The molecule has 0 heterocycles. The van der Waals surface area contributed by atoms with Crippen molar-refractivity contribution < 1.29 is 60.1 Å². The summed E-state index contributed by atoms with van der Waals surface area (Å²) in [6.45, 7) is 3.27. The Labute approximate surface area is 93.8 Å². The fourth-order valence-corrected chi connectivity index (χ4v) is 0.359. The van der Waals surface area contributed by atoms with Crippen molar-refractivity contribution >= 4 is 11.1 Å². The van der Waals surface area contributed by atoms with Gasteiger partial charge in [0.1, 0.15) is 0 Å². The summed E-state index contributed by atoms with van der Waals surface area (Å²) in [5.74, 6) is 0. The summed E-state index contributed by atoms with van der Waals surface area (Å²) >= 11 is -2.07. The van der Waals surface area contributed by atoms with Gasteiger partial charge in [-0.3, -0.25) is 4.21 Å². The monoisotopic (exact) mass is 156 g/mol. The van der Waals surface area contributed by atoms with E-state index in [1.165, 1.54) is 12.2 Å². The quantitative estimate of drug-likeness (QED) is 0.253. The average Bonchev–Trinajstić information content (AvgIpc) is 1.61. The van der Waals surface area contributed by atoms with Crippen molar-refractivity contribution in [3.8, 4) is 0 Å². The fourth-order valence-electron chi connectivity index (χ4n) is 0.120. The van der Waals surface area contributed by atoms with Crippen molar-refractivity contribution in [2.45, 2.75) is 0 Å². The van der Waals surface area contributed by atoms with Crippen molar-refractivity contribution in [2.75, 3.05) is 0 Å². The molecule has 0 rings (SSSR count). The van der Waals surface area contributed by atoms with Gasteiger partial charge in [-0.05, 0) is 16.5 Å². The van der Waals surface area contributed by atoms with Gasteiger partial charge in [0.15, 0.2) is 0 Å². The van der Waals surface area contributed by atoms with Crippen LogP contribution in [0.5, 0.6) is 0 Å². The second kappa shape index (κ2) is 8.23. The van der Waals surface area contributed by atoms with Gasteiger partial charge >= 0.3 is 51.4 Å². The van der Waals surface area contributed by atoms with Gasteiger partial charge in [-0.25, -0.2) is 0 Å². The smallest absolute Gasteiger partial charge is 0.769 e. The van der Waals surface area contributed by atoms with Gasteiger partial charge in [0, 0.05) is 0 Å². The predicted octanol–water partition coefficient (Wildman–Crippen LogP) is -2.43. The van der Waals surface area contributed by atoms with E-state index in [1.54, 1.807) is 0 Å². The second-order valence-corrected chi connectivity index (χ2v) is 1.62. The zero-order chi connectivity index (χ0) is 5.70. The van der Waals surface area contributed by atoms with Crippen molar-refractivity contribution in [3.05, 3.63) is 24.1 Å². The molecular formula is C4H5KO2S. The van der Waals surface area contributed by atoms with Gasteiger partial charge in [0.2, 0.25) is 0 Å². The molecule has 1 unspecified atom stereocenters. The standard InChI is InChI=1S/C4H6O2S.K/c1-2-3-4-7(5)6;/h2-4H,1H2,(H,5,6);/q;+1/p-1/b4-3+;. The Kier molecular flexibility index (Phi) is 12.3. The minimum absolute atomic E-state index is 0. The molecule has 0 spiro atoms. The van der Waals surface area contributed by atoms with E-state index in [9.17, 15) is 8.76 Å². The largest absolute Gasteiger partial charge is 1.00 e. The molecule has 0 aromatic carbocycles. The Morgan fingerprint density at radius 3 is 2.25 bits per heavy atom. The van der Waals surface area contributed by atoms with Crippen LogP contribution in [-0.4, -0.2) is 8.76 Å². The molecule has 1 atom stereocenters. The maximum atomic E-state index is 9.62. The average molecular weight is 156 g/mol. The SMILES string of the molecule is C=C/C=C/S(=O)[O-].[K+]. The molecule has 0 aliphatic carbocycles. The van der Waals surface area contributed by atoms with Crippen molar-refractivity contribution in [1.29, 1.82) is 0 Å². The molecule has 0 fully saturated rings. The van der Waals surface area contributed by atoms with Gasteiger partial charge in [-0.2, -0.15) is 0 Å². The predicted molar refractivity (Wildman–Crippen MR) is 28.3 cm³/mol. The molecule has 0 aromatic heterocycles. The summed E-state index contributed by atoms with van der Waals surface area (Å²) < 4.78 is 19.2. The zero-order valence-electron chi connectivity index (χ0n) is 4.66. The third-order valence-corrected chi connectivity index (χ3v) is 0.705. The van der Waals surface area contributed by atoms with E-state index in [0.29, 0.717) is 0 Å². The van der Waals surface area contributed by atoms with E-state index < -0.39 is 11.1 Å². The Morgan fingerprint density at radius 1 is 1.62 bits per heavy atom. The van der Waals surface area contributed by atoms with Gasteiger partial charge in [0.05, 0.1) is 0 Å². The van der Waals surface area contributed by atoms with Crippen LogP contribution in [0.3, 0.4) is 0 Å². The first-order valence-electron chi connectivity index (χ1n) is 1.64. The van der Waals surface area contributed by atoms with Gasteiger partial charge < -0.3 is 4.55 Å². The van der Waals surface area contributed by atoms with Crippen LogP contribution in [0.2, 0.25) is 0 Å². The minimum atomic E-state index is -2.07. The van der Waals surface area contributed by atoms with Crippen LogP contribution in [0.1, 0.15) is 0 Å². The first-order chi connectivity index (χ1) is 3.27. The van der Waals surface area contributed by atoms with E-state index in [4.69, 9.17) is 0 Å². The summed E-state index contributed by atoms with van der Waals surface area (Å²) in [5, 5.41) is 1.02. The Hall–Kier alpha value is 1.23. The molecule has 8 heavy (non-hydrogen) atoms. The summed E-state index contributed by atoms with van der Waals surface area (Å²) in [5.41, 5.74) is 0. The third-order valence-electron chi connectivity index (χ3n) is 0.326. The molecule has 4 heteroatoms. The van der Waals surface area contributed by atoms with E-state index in [0.717, 1.165) is 5.41 Å². The van der Waals surface area contributed by atoms with Crippen LogP contribution < -0.4 is 51.4 Å². The Bertz CT molecular complexity index is 111. The van der Waals surface area contributed by atoms with Gasteiger partial charge in [-0.15, -0.1) is 0 Å². The van der Waals surface area contributed by atoms with Crippen LogP contribution >= 0.6 is 0 Å². The number of hydrogen-bond acceptors (Lipinski definition) is 2. The molecule has 40 valence electrons. The zero-order valence-corrected chi connectivity index (χ0v) is 8.60.